The predicted octanol–water partition coefficient (Wildman–Crippen LogP) is 0.596. The van der Waals surface area contributed by atoms with Crippen LogP contribution >= 0.6 is 0 Å². The van der Waals surface area contributed by atoms with Crippen molar-refractivity contribution in [3.63, 3.8) is 0 Å². The maximum Gasteiger partial charge on any atom is 0.325 e. The van der Waals surface area contributed by atoms with Crippen LogP contribution in [0.5, 0.6) is 0 Å². The number of aryl methyl sites for hydroxylation is 1. The summed E-state index contributed by atoms with van der Waals surface area (Å²) >= 11 is 0. The molecule has 0 spiro atoms. The fraction of sp³-hybridized carbons (Fsp3) is 0.556. The topological polar surface area (TPSA) is 58.4 Å². The van der Waals surface area contributed by atoms with Gasteiger partial charge < -0.3 is 10.0 Å². The van der Waals surface area contributed by atoms with Crippen LogP contribution in [0.15, 0.2) is 6.20 Å². The third kappa shape index (κ3) is 2.04. The van der Waals surface area contributed by atoms with Crippen LogP contribution in [-0.2, 0) is 17.8 Å². The fourth-order valence-corrected chi connectivity index (χ4v) is 1.43. The highest BCUT2D eigenvalue weighted by Crippen LogP contribution is 2.18. The first-order chi connectivity index (χ1) is 6.56. The number of nitrogens with zero attached hydrogens (tertiary/aromatic N) is 3. The molecular weight excluding hydrogens is 182 g/mol. The Kier molecular flexibility index (Phi) is 3.11. The van der Waals surface area contributed by atoms with E-state index in [0.29, 0.717) is 0 Å². The SMILES string of the molecule is CCc1cnn(CC(=O)O)c1N(C)C. The Morgan fingerprint density at radius 2 is 2.29 bits per heavy atom. The van der Waals surface area contributed by atoms with Gasteiger partial charge in [-0.25, -0.2) is 4.68 Å². The first-order valence-electron chi connectivity index (χ1n) is 4.50. The van der Waals surface area contributed by atoms with Gasteiger partial charge in [0.05, 0.1) is 6.20 Å². The minimum atomic E-state index is -0.876. The first kappa shape index (κ1) is 10.6. The van der Waals surface area contributed by atoms with Gasteiger partial charge in [-0.2, -0.15) is 5.10 Å². The lowest BCUT2D eigenvalue weighted by Gasteiger charge is -2.15. The van der Waals surface area contributed by atoms with Gasteiger partial charge in [-0.3, -0.25) is 4.79 Å². The first-order valence-corrected chi connectivity index (χ1v) is 4.50. The molecule has 78 valence electrons. The van der Waals surface area contributed by atoms with Gasteiger partial charge in [-0.15, -0.1) is 0 Å². The quantitative estimate of drug-likeness (QED) is 0.767. The summed E-state index contributed by atoms with van der Waals surface area (Å²) in [5, 5.41) is 12.7. The normalized spacial score (nSPS) is 10.2. The lowest BCUT2D eigenvalue weighted by atomic mass is 10.2. The van der Waals surface area contributed by atoms with E-state index >= 15 is 0 Å². The molecule has 0 atom stereocenters. The van der Waals surface area contributed by atoms with Gasteiger partial charge in [0.25, 0.3) is 0 Å². The number of carbonyl (C=O) groups is 1. The third-order valence-electron chi connectivity index (χ3n) is 1.97. The number of aliphatic carboxylic acids is 1. The Labute approximate surface area is 82.9 Å². The molecule has 0 amide bonds. The van der Waals surface area contributed by atoms with E-state index in [1.54, 1.807) is 6.20 Å². The predicted molar refractivity (Wildman–Crippen MR) is 53.6 cm³/mol. The van der Waals surface area contributed by atoms with Crippen molar-refractivity contribution in [1.29, 1.82) is 0 Å². The number of aromatic nitrogens is 2. The molecule has 0 aliphatic carbocycles. The standard InChI is InChI=1S/C9H15N3O2/c1-4-7-5-10-12(6-8(13)14)9(7)11(2)3/h5H,4,6H2,1-3H3,(H,13,14). The molecule has 5 nitrogen and oxygen atoms in total. The molecule has 1 N–H and O–H groups in total. The lowest BCUT2D eigenvalue weighted by Crippen LogP contribution is -2.19. The van der Waals surface area contributed by atoms with Crippen LogP contribution in [0.25, 0.3) is 0 Å². The number of hydrogen-bond donors (Lipinski definition) is 1. The minimum Gasteiger partial charge on any atom is -0.480 e. The van der Waals surface area contributed by atoms with Gasteiger partial charge in [-0.05, 0) is 6.42 Å². The molecule has 1 heterocycles. The fourth-order valence-electron chi connectivity index (χ4n) is 1.43. The van der Waals surface area contributed by atoms with Crippen molar-refractivity contribution in [1.82, 2.24) is 9.78 Å². The summed E-state index contributed by atoms with van der Waals surface area (Å²) in [5.41, 5.74) is 1.07. The second kappa shape index (κ2) is 4.13. The van der Waals surface area contributed by atoms with Crippen LogP contribution in [0.3, 0.4) is 0 Å². The van der Waals surface area contributed by atoms with Gasteiger partial charge >= 0.3 is 5.97 Å². The monoisotopic (exact) mass is 197 g/mol. The average molecular weight is 197 g/mol. The van der Waals surface area contributed by atoms with E-state index in [0.717, 1.165) is 17.8 Å². The molecule has 5 heteroatoms. The molecule has 1 rings (SSSR count). The van der Waals surface area contributed by atoms with E-state index in [2.05, 4.69) is 5.10 Å². The Morgan fingerprint density at radius 1 is 1.64 bits per heavy atom. The van der Waals surface area contributed by atoms with Crippen molar-refractivity contribution in [2.24, 2.45) is 0 Å². The average Bonchev–Trinajstić information content (AvgIpc) is 2.46. The van der Waals surface area contributed by atoms with E-state index in [1.165, 1.54) is 4.68 Å². The number of carboxylic acids is 1. The molecule has 14 heavy (non-hydrogen) atoms. The van der Waals surface area contributed by atoms with E-state index < -0.39 is 5.97 Å². The smallest absolute Gasteiger partial charge is 0.325 e. The highest BCUT2D eigenvalue weighted by Gasteiger charge is 2.12. The molecule has 0 bridgehead atoms. The van der Waals surface area contributed by atoms with Crippen LogP contribution in [-0.4, -0.2) is 35.0 Å². The van der Waals surface area contributed by atoms with E-state index in [9.17, 15) is 4.79 Å². The largest absolute Gasteiger partial charge is 0.480 e. The molecule has 1 aromatic heterocycles. The molecule has 1 aromatic rings. The number of carboxylic acid groups (broad SMARTS) is 1. The van der Waals surface area contributed by atoms with Crippen molar-refractivity contribution in [2.45, 2.75) is 19.9 Å². The van der Waals surface area contributed by atoms with Gasteiger partial charge in [0, 0.05) is 19.7 Å². The van der Waals surface area contributed by atoms with E-state index in [4.69, 9.17) is 5.11 Å². The zero-order valence-corrected chi connectivity index (χ0v) is 8.69. The molecule has 0 radical (unpaired) electrons. The maximum atomic E-state index is 10.6. The van der Waals surface area contributed by atoms with Crippen LogP contribution < -0.4 is 4.90 Å². The van der Waals surface area contributed by atoms with Gasteiger partial charge in [0.2, 0.25) is 0 Å². The Bertz CT molecular complexity index is 331. The highest BCUT2D eigenvalue weighted by molar-refractivity contribution is 5.67. The Hall–Kier alpha value is -1.52. The summed E-state index contributed by atoms with van der Waals surface area (Å²) < 4.78 is 1.50. The van der Waals surface area contributed by atoms with E-state index in [-0.39, 0.29) is 6.54 Å². The molecule has 0 aliphatic rings. The van der Waals surface area contributed by atoms with Crippen molar-refractivity contribution in [3.05, 3.63) is 11.8 Å². The molecule has 0 unspecified atom stereocenters. The van der Waals surface area contributed by atoms with Crippen molar-refractivity contribution in [2.75, 3.05) is 19.0 Å². The van der Waals surface area contributed by atoms with Crippen molar-refractivity contribution in [3.8, 4) is 0 Å². The number of hydrogen-bond acceptors (Lipinski definition) is 3. The zero-order valence-electron chi connectivity index (χ0n) is 8.69. The summed E-state index contributed by atoms with van der Waals surface area (Å²) in [6.45, 7) is 1.93. The van der Waals surface area contributed by atoms with Crippen LogP contribution in [0.4, 0.5) is 5.82 Å². The second-order valence-corrected chi connectivity index (χ2v) is 3.29. The third-order valence-corrected chi connectivity index (χ3v) is 1.97. The van der Waals surface area contributed by atoms with Crippen molar-refractivity contribution >= 4 is 11.8 Å². The molecule has 0 saturated heterocycles. The summed E-state index contributed by atoms with van der Waals surface area (Å²) in [5.74, 6) is -0.00578. The lowest BCUT2D eigenvalue weighted by molar-refractivity contribution is -0.137. The van der Waals surface area contributed by atoms with Crippen LogP contribution in [0.1, 0.15) is 12.5 Å². The maximum absolute atomic E-state index is 10.6. The van der Waals surface area contributed by atoms with E-state index in [1.807, 2.05) is 25.9 Å². The molecule has 0 saturated carbocycles. The molecular formula is C9H15N3O2. The second-order valence-electron chi connectivity index (χ2n) is 3.29. The molecule has 0 aromatic carbocycles. The van der Waals surface area contributed by atoms with Crippen molar-refractivity contribution < 1.29 is 9.90 Å². The van der Waals surface area contributed by atoms with Gasteiger partial charge in [0.1, 0.15) is 12.4 Å². The zero-order chi connectivity index (χ0) is 10.7. The van der Waals surface area contributed by atoms with Gasteiger partial charge in [-0.1, -0.05) is 6.92 Å². The number of anilines is 1. The Balaban J connectivity index is 3.04. The summed E-state index contributed by atoms with van der Waals surface area (Å²) in [4.78, 5) is 12.4. The minimum absolute atomic E-state index is 0.0898. The summed E-state index contributed by atoms with van der Waals surface area (Å²) in [7, 11) is 3.77. The summed E-state index contributed by atoms with van der Waals surface area (Å²) in [6.07, 6.45) is 2.57. The Morgan fingerprint density at radius 3 is 2.71 bits per heavy atom. The summed E-state index contributed by atoms with van der Waals surface area (Å²) in [6, 6.07) is 0. The van der Waals surface area contributed by atoms with Crippen LogP contribution in [0.2, 0.25) is 0 Å². The molecule has 0 aliphatic heterocycles. The van der Waals surface area contributed by atoms with Crippen LogP contribution in [0, 0.1) is 0 Å². The highest BCUT2D eigenvalue weighted by atomic mass is 16.4. The number of rotatable bonds is 4. The molecule has 0 fully saturated rings. The van der Waals surface area contributed by atoms with Gasteiger partial charge in [0.15, 0.2) is 0 Å².